The van der Waals surface area contributed by atoms with Crippen molar-refractivity contribution in [1.29, 1.82) is 0 Å². The summed E-state index contributed by atoms with van der Waals surface area (Å²) in [5.74, 6) is 2.51. The van der Waals surface area contributed by atoms with Crippen molar-refractivity contribution in [1.82, 2.24) is 20.2 Å². The Bertz CT molecular complexity index is 607. The third kappa shape index (κ3) is 6.90. The summed E-state index contributed by atoms with van der Waals surface area (Å²) in [5, 5.41) is 6.66. The van der Waals surface area contributed by atoms with Gasteiger partial charge in [0.25, 0.3) is 0 Å². The van der Waals surface area contributed by atoms with Crippen LogP contribution >= 0.6 is 24.0 Å². The summed E-state index contributed by atoms with van der Waals surface area (Å²) in [6, 6.07) is 10.4. The molecule has 0 spiro atoms. The van der Waals surface area contributed by atoms with E-state index in [1.807, 2.05) is 18.5 Å². The van der Waals surface area contributed by atoms with Gasteiger partial charge in [0.1, 0.15) is 5.82 Å². The molecule has 0 amide bonds. The average molecular weight is 441 g/mol. The quantitative estimate of drug-likeness (QED) is 0.394. The molecule has 0 saturated carbocycles. The highest BCUT2D eigenvalue weighted by molar-refractivity contribution is 14.0. The lowest BCUT2D eigenvalue weighted by Crippen LogP contribution is -2.38. The number of aliphatic imine (C=N–C) groups is 1. The summed E-state index contributed by atoms with van der Waals surface area (Å²) < 4.78 is 2.16. The maximum atomic E-state index is 4.44. The summed E-state index contributed by atoms with van der Waals surface area (Å²) in [5.41, 5.74) is 1.27. The summed E-state index contributed by atoms with van der Waals surface area (Å²) in [6.07, 6.45) is 4.98. The summed E-state index contributed by atoms with van der Waals surface area (Å²) >= 11 is 0. The minimum absolute atomic E-state index is 0. The smallest absolute Gasteiger partial charge is 0.191 e. The number of aromatic nitrogens is 2. The summed E-state index contributed by atoms with van der Waals surface area (Å²) in [6.45, 7) is 6.85. The Morgan fingerprint density at radius 1 is 1.21 bits per heavy atom. The molecule has 1 heterocycles. The van der Waals surface area contributed by atoms with E-state index in [1.54, 1.807) is 7.05 Å². The zero-order valence-corrected chi connectivity index (χ0v) is 17.0. The van der Waals surface area contributed by atoms with E-state index in [4.69, 9.17) is 0 Å². The molecular weight excluding hydrogens is 413 g/mol. The van der Waals surface area contributed by atoms with Gasteiger partial charge in [-0.3, -0.25) is 4.99 Å². The molecule has 0 saturated heterocycles. The number of benzene rings is 1. The zero-order valence-electron chi connectivity index (χ0n) is 14.7. The molecule has 0 aliphatic rings. The van der Waals surface area contributed by atoms with Crippen LogP contribution in [-0.2, 0) is 13.1 Å². The van der Waals surface area contributed by atoms with Crippen LogP contribution in [0, 0.1) is 5.92 Å². The Kier molecular flexibility index (Phi) is 9.44. The third-order valence-corrected chi connectivity index (χ3v) is 3.65. The number of guanidine groups is 1. The Balaban J connectivity index is 0.00000288. The van der Waals surface area contributed by atoms with Crippen LogP contribution in [0.15, 0.2) is 47.7 Å². The van der Waals surface area contributed by atoms with Gasteiger partial charge in [0.15, 0.2) is 5.96 Å². The molecule has 5 nitrogen and oxygen atoms in total. The first-order chi connectivity index (χ1) is 11.2. The van der Waals surface area contributed by atoms with Gasteiger partial charge in [-0.15, -0.1) is 24.0 Å². The van der Waals surface area contributed by atoms with Gasteiger partial charge in [0.05, 0.1) is 6.54 Å². The van der Waals surface area contributed by atoms with Crippen molar-refractivity contribution in [2.75, 3.05) is 13.6 Å². The highest BCUT2D eigenvalue weighted by atomic mass is 127. The fraction of sp³-hybridized carbons (Fsp3) is 0.444. The SMILES string of the molecule is CN=C(NCCC(C)C)NCc1nccn1Cc1ccccc1.I. The van der Waals surface area contributed by atoms with Gasteiger partial charge in [-0.05, 0) is 17.9 Å². The van der Waals surface area contributed by atoms with Crippen LogP contribution < -0.4 is 10.6 Å². The summed E-state index contributed by atoms with van der Waals surface area (Å²) in [7, 11) is 1.79. The van der Waals surface area contributed by atoms with Crippen molar-refractivity contribution in [3.05, 3.63) is 54.1 Å². The molecule has 0 radical (unpaired) electrons. The molecule has 2 aromatic rings. The normalized spacial score (nSPS) is 11.2. The molecule has 24 heavy (non-hydrogen) atoms. The number of hydrogen-bond acceptors (Lipinski definition) is 2. The number of halogens is 1. The molecule has 132 valence electrons. The lowest BCUT2D eigenvalue weighted by molar-refractivity contribution is 0.572. The number of hydrogen-bond donors (Lipinski definition) is 2. The Morgan fingerprint density at radius 3 is 2.62 bits per heavy atom. The second-order valence-electron chi connectivity index (χ2n) is 5.99. The minimum Gasteiger partial charge on any atom is -0.356 e. The number of rotatable bonds is 7. The van der Waals surface area contributed by atoms with Crippen molar-refractivity contribution in [2.24, 2.45) is 10.9 Å². The third-order valence-electron chi connectivity index (χ3n) is 3.65. The molecule has 0 fully saturated rings. The zero-order chi connectivity index (χ0) is 16.5. The second-order valence-corrected chi connectivity index (χ2v) is 5.99. The standard InChI is InChI=1S/C18H27N5.HI/c1-15(2)9-10-21-18(19-3)22-13-17-20-11-12-23(17)14-16-7-5-4-6-8-16;/h4-8,11-12,15H,9-10,13-14H2,1-3H3,(H2,19,21,22);1H. The van der Waals surface area contributed by atoms with Gasteiger partial charge in [0, 0.05) is 32.5 Å². The number of nitrogens with one attached hydrogen (secondary N) is 2. The van der Waals surface area contributed by atoms with E-state index in [9.17, 15) is 0 Å². The minimum atomic E-state index is 0. The first kappa shape index (κ1) is 20.5. The second kappa shape index (κ2) is 11.1. The molecule has 0 atom stereocenters. The Morgan fingerprint density at radius 2 is 1.96 bits per heavy atom. The lowest BCUT2D eigenvalue weighted by Gasteiger charge is -2.13. The van der Waals surface area contributed by atoms with Crippen LogP contribution in [-0.4, -0.2) is 29.1 Å². The van der Waals surface area contributed by atoms with Gasteiger partial charge in [-0.2, -0.15) is 0 Å². The van der Waals surface area contributed by atoms with Gasteiger partial charge >= 0.3 is 0 Å². The fourth-order valence-corrected chi connectivity index (χ4v) is 2.29. The van der Waals surface area contributed by atoms with E-state index in [0.717, 1.165) is 31.3 Å². The molecule has 1 aromatic heterocycles. The summed E-state index contributed by atoms with van der Waals surface area (Å²) in [4.78, 5) is 8.70. The van der Waals surface area contributed by atoms with E-state index >= 15 is 0 Å². The lowest BCUT2D eigenvalue weighted by atomic mass is 10.1. The van der Waals surface area contributed by atoms with Gasteiger partial charge in [-0.25, -0.2) is 4.98 Å². The fourth-order valence-electron chi connectivity index (χ4n) is 2.29. The predicted octanol–water partition coefficient (Wildman–Crippen LogP) is 3.26. The van der Waals surface area contributed by atoms with E-state index < -0.39 is 0 Å². The van der Waals surface area contributed by atoms with Crippen molar-refractivity contribution in [2.45, 2.75) is 33.4 Å². The van der Waals surface area contributed by atoms with Gasteiger partial charge < -0.3 is 15.2 Å². The first-order valence-corrected chi connectivity index (χ1v) is 8.17. The molecule has 6 heteroatoms. The van der Waals surface area contributed by atoms with Crippen LogP contribution in [0.4, 0.5) is 0 Å². The van der Waals surface area contributed by atoms with E-state index in [2.05, 4.69) is 63.3 Å². The first-order valence-electron chi connectivity index (χ1n) is 8.17. The van der Waals surface area contributed by atoms with Crippen molar-refractivity contribution >= 4 is 29.9 Å². The highest BCUT2D eigenvalue weighted by Gasteiger charge is 2.05. The average Bonchev–Trinajstić information content (AvgIpc) is 2.98. The Hall–Kier alpha value is -1.57. The van der Waals surface area contributed by atoms with Gasteiger partial charge in [-0.1, -0.05) is 44.2 Å². The molecule has 0 aliphatic heterocycles. The maximum absolute atomic E-state index is 4.44. The Labute approximate surface area is 162 Å². The molecular formula is C18H28IN5. The largest absolute Gasteiger partial charge is 0.356 e. The molecule has 0 aliphatic carbocycles. The van der Waals surface area contributed by atoms with Gasteiger partial charge in [0.2, 0.25) is 0 Å². The maximum Gasteiger partial charge on any atom is 0.191 e. The molecule has 1 aromatic carbocycles. The van der Waals surface area contributed by atoms with Crippen molar-refractivity contribution in [3.8, 4) is 0 Å². The molecule has 0 unspecified atom stereocenters. The van der Waals surface area contributed by atoms with Crippen LogP contribution in [0.5, 0.6) is 0 Å². The highest BCUT2D eigenvalue weighted by Crippen LogP contribution is 2.05. The number of nitrogens with zero attached hydrogens (tertiary/aromatic N) is 3. The van der Waals surface area contributed by atoms with E-state index in [-0.39, 0.29) is 24.0 Å². The predicted molar refractivity (Wildman–Crippen MR) is 111 cm³/mol. The topological polar surface area (TPSA) is 54.2 Å². The van der Waals surface area contributed by atoms with Crippen LogP contribution in [0.1, 0.15) is 31.7 Å². The number of imidazole rings is 1. The van der Waals surface area contributed by atoms with Crippen LogP contribution in [0.2, 0.25) is 0 Å². The van der Waals surface area contributed by atoms with Crippen LogP contribution in [0.25, 0.3) is 0 Å². The van der Waals surface area contributed by atoms with Crippen molar-refractivity contribution < 1.29 is 0 Å². The van der Waals surface area contributed by atoms with E-state index in [0.29, 0.717) is 12.5 Å². The van der Waals surface area contributed by atoms with Crippen LogP contribution in [0.3, 0.4) is 0 Å². The monoisotopic (exact) mass is 441 g/mol. The molecule has 2 N–H and O–H groups in total. The van der Waals surface area contributed by atoms with Crippen molar-refractivity contribution in [3.63, 3.8) is 0 Å². The molecule has 0 bridgehead atoms. The molecule has 2 rings (SSSR count). The van der Waals surface area contributed by atoms with E-state index in [1.165, 1.54) is 5.56 Å².